The number of carbonyl (C=O) groups is 1. The van der Waals surface area contributed by atoms with Gasteiger partial charge in [0.05, 0.1) is 16.9 Å². The lowest BCUT2D eigenvalue weighted by atomic mass is 10.1. The van der Waals surface area contributed by atoms with Crippen molar-refractivity contribution >= 4 is 34.7 Å². The number of nitrogens with one attached hydrogen (secondary N) is 2. The summed E-state index contributed by atoms with van der Waals surface area (Å²) in [6.07, 6.45) is 0. The Morgan fingerprint density at radius 3 is 2.48 bits per heavy atom. The quantitative estimate of drug-likeness (QED) is 0.635. The fourth-order valence-corrected chi connectivity index (χ4v) is 1.97. The van der Waals surface area contributed by atoms with E-state index in [1.54, 1.807) is 6.07 Å². The van der Waals surface area contributed by atoms with Crippen LogP contribution in [0.3, 0.4) is 0 Å². The van der Waals surface area contributed by atoms with E-state index in [2.05, 4.69) is 10.6 Å². The van der Waals surface area contributed by atoms with Crippen LogP contribution in [0.2, 0.25) is 0 Å². The maximum Gasteiger partial charge on any atom is 0.335 e. The Bertz CT molecular complexity index is 659. The first-order valence-electron chi connectivity index (χ1n) is 6.28. The number of hydrogen-bond acceptors (Lipinski definition) is 3. The van der Waals surface area contributed by atoms with Crippen LogP contribution in [0.15, 0.2) is 48.5 Å². The summed E-state index contributed by atoms with van der Waals surface area (Å²) in [4.78, 5) is 11.0. The molecule has 0 unspecified atom stereocenters. The molecular formula is C15H15N3O2S. The normalized spacial score (nSPS) is 9.90. The lowest BCUT2D eigenvalue weighted by Crippen LogP contribution is -2.20. The molecule has 5 nitrogen and oxygen atoms in total. The van der Waals surface area contributed by atoms with Crippen LogP contribution in [0.5, 0.6) is 0 Å². The Hall–Kier alpha value is -2.60. The summed E-state index contributed by atoms with van der Waals surface area (Å²) in [7, 11) is 0. The largest absolute Gasteiger partial charge is 0.478 e. The maximum absolute atomic E-state index is 11.0. The highest BCUT2D eigenvalue weighted by Gasteiger charge is 2.09. The van der Waals surface area contributed by atoms with Crippen LogP contribution in [0, 0.1) is 0 Å². The zero-order valence-corrected chi connectivity index (χ0v) is 12.0. The molecule has 2 rings (SSSR count). The van der Waals surface area contributed by atoms with Gasteiger partial charge in [-0.05, 0) is 36.0 Å². The second-order valence-corrected chi connectivity index (χ2v) is 4.83. The highest BCUT2D eigenvalue weighted by Crippen LogP contribution is 2.24. The van der Waals surface area contributed by atoms with E-state index in [4.69, 9.17) is 23.1 Å². The molecule has 0 spiro atoms. The van der Waals surface area contributed by atoms with Gasteiger partial charge < -0.3 is 21.5 Å². The summed E-state index contributed by atoms with van der Waals surface area (Å²) < 4.78 is 0. The van der Waals surface area contributed by atoms with E-state index in [0.717, 1.165) is 11.3 Å². The third kappa shape index (κ3) is 4.19. The Morgan fingerprint density at radius 2 is 1.86 bits per heavy atom. The fourth-order valence-electron chi connectivity index (χ4n) is 1.86. The number of aromatic carboxylic acids is 1. The minimum absolute atomic E-state index is 0.0836. The van der Waals surface area contributed by atoms with Crippen molar-refractivity contribution in [1.29, 1.82) is 0 Å². The third-order valence-electron chi connectivity index (χ3n) is 2.85. The van der Waals surface area contributed by atoms with Crippen LogP contribution in [-0.4, -0.2) is 16.2 Å². The number of carboxylic acid groups (broad SMARTS) is 1. The van der Waals surface area contributed by atoms with Crippen LogP contribution in [-0.2, 0) is 6.54 Å². The monoisotopic (exact) mass is 301 g/mol. The number of hydrogen-bond donors (Lipinski definition) is 4. The predicted octanol–water partition coefficient (Wildman–Crippen LogP) is 2.65. The van der Waals surface area contributed by atoms with E-state index in [-0.39, 0.29) is 10.7 Å². The second-order valence-electron chi connectivity index (χ2n) is 4.39. The van der Waals surface area contributed by atoms with Crippen LogP contribution >= 0.6 is 12.2 Å². The summed E-state index contributed by atoms with van der Waals surface area (Å²) in [5.74, 6) is -1.00. The van der Waals surface area contributed by atoms with Gasteiger partial charge in [0.25, 0.3) is 0 Å². The molecule has 108 valence electrons. The van der Waals surface area contributed by atoms with E-state index in [1.807, 2.05) is 30.3 Å². The molecule has 0 fully saturated rings. The van der Waals surface area contributed by atoms with Gasteiger partial charge >= 0.3 is 5.97 Å². The Labute approximate surface area is 127 Å². The highest BCUT2D eigenvalue weighted by atomic mass is 32.1. The number of rotatable bonds is 5. The lowest BCUT2D eigenvalue weighted by molar-refractivity contribution is 0.0697. The molecule has 0 amide bonds. The number of anilines is 2. The molecule has 0 saturated carbocycles. The van der Waals surface area contributed by atoms with E-state index in [9.17, 15) is 4.79 Å². The molecule has 5 N–H and O–H groups in total. The first-order valence-corrected chi connectivity index (χ1v) is 6.68. The minimum Gasteiger partial charge on any atom is -0.478 e. The van der Waals surface area contributed by atoms with Crippen molar-refractivity contribution in [1.82, 2.24) is 0 Å². The van der Waals surface area contributed by atoms with Gasteiger partial charge in [-0.3, -0.25) is 0 Å². The van der Waals surface area contributed by atoms with Gasteiger partial charge in [0, 0.05) is 6.54 Å². The second kappa shape index (κ2) is 6.71. The first-order chi connectivity index (χ1) is 10.1. The molecule has 6 heteroatoms. The van der Waals surface area contributed by atoms with Gasteiger partial charge in [-0.15, -0.1) is 0 Å². The smallest absolute Gasteiger partial charge is 0.335 e. The topological polar surface area (TPSA) is 87.4 Å². The van der Waals surface area contributed by atoms with Crippen molar-refractivity contribution in [3.63, 3.8) is 0 Å². The molecule has 21 heavy (non-hydrogen) atoms. The molecule has 0 aliphatic rings. The molecular weight excluding hydrogens is 286 g/mol. The standard InChI is InChI=1S/C15H15N3O2S/c16-15(21)18-13-8-11(14(19)20)6-7-12(13)17-9-10-4-2-1-3-5-10/h1-8,17H,9H2,(H,19,20)(H3,16,18,21). The lowest BCUT2D eigenvalue weighted by Gasteiger charge is -2.14. The van der Waals surface area contributed by atoms with E-state index in [1.165, 1.54) is 12.1 Å². The van der Waals surface area contributed by atoms with Crippen LogP contribution in [0.4, 0.5) is 11.4 Å². The van der Waals surface area contributed by atoms with Gasteiger partial charge in [0.2, 0.25) is 0 Å². The Balaban J connectivity index is 2.21. The predicted molar refractivity (Wildman–Crippen MR) is 87.6 cm³/mol. The molecule has 2 aromatic carbocycles. The summed E-state index contributed by atoms with van der Waals surface area (Å²) in [5, 5.41) is 15.1. The highest BCUT2D eigenvalue weighted by molar-refractivity contribution is 7.80. The molecule has 0 radical (unpaired) electrons. The zero-order valence-electron chi connectivity index (χ0n) is 11.2. The number of thiocarbonyl (C=S) groups is 1. The molecule has 2 aromatic rings. The first kappa shape index (κ1) is 14.8. The number of nitrogens with two attached hydrogens (primary N) is 1. The van der Waals surface area contributed by atoms with Gasteiger partial charge in [0.15, 0.2) is 5.11 Å². The van der Waals surface area contributed by atoms with Crippen molar-refractivity contribution in [2.45, 2.75) is 6.54 Å². The Kier molecular flexibility index (Phi) is 4.73. The average Bonchev–Trinajstić information content (AvgIpc) is 2.46. The molecule has 0 aliphatic heterocycles. The molecule has 0 aromatic heterocycles. The molecule has 0 heterocycles. The van der Waals surface area contributed by atoms with E-state index < -0.39 is 5.97 Å². The van der Waals surface area contributed by atoms with Gasteiger partial charge in [0.1, 0.15) is 0 Å². The summed E-state index contributed by atoms with van der Waals surface area (Å²) in [6.45, 7) is 0.610. The van der Waals surface area contributed by atoms with Gasteiger partial charge in [-0.2, -0.15) is 0 Å². The molecule has 0 bridgehead atoms. The van der Waals surface area contributed by atoms with Crippen molar-refractivity contribution in [3.05, 3.63) is 59.7 Å². The van der Waals surface area contributed by atoms with Crippen LogP contribution < -0.4 is 16.4 Å². The van der Waals surface area contributed by atoms with E-state index in [0.29, 0.717) is 12.2 Å². The molecule has 0 saturated heterocycles. The Morgan fingerprint density at radius 1 is 1.14 bits per heavy atom. The van der Waals surface area contributed by atoms with Crippen molar-refractivity contribution in [2.75, 3.05) is 10.6 Å². The van der Waals surface area contributed by atoms with Gasteiger partial charge in [-0.1, -0.05) is 30.3 Å². The summed E-state index contributed by atoms with van der Waals surface area (Å²) >= 11 is 4.82. The average molecular weight is 301 g/mol. The van der Waals surface area contributed by atoms with Crippen LogP contribution in [0.25, 0.3) is 0 Å². The molecule has 0 aliphatic carbocycles. The maximum atomic E-state index is 11.0. The minimum atomic E-state index is -1.00. The van der Waals surface area contributed by atoms with Crippen LogP contribution in [0.1, 0.15) is 15.9 Å². The van der Waals surface area contributed by atoms with Crippen molar-refractivity contribution < 1.29 is 9.90 Å². The number of carboxylic acids is 1. The SMILES string of the molecule is NC(=S)Nc1cc(C(=O)O)ccc1NCc1ccccc1. The fraction of sp³-hybridized carbons (Fsp3) is 0.0667. The molecule has 0 atom stereocenters. The van der Waals surface area contributed by atoms with Gasteiger partial charge in [-0.25, -0.2) is 4.79 Å². The van der Waals surface area contributed by atoms with Crippen molar-refractivity contribution in [2.24, 2.45) is 5.73 Å². The zero-order chi connectivity index (χ0) is 15.2. The third-order valence-corrected chi connectivity index (χ3v) is 2.95. The number of benzene rings is 2. The summed E-state index contributed by atoms with van der Waals surface area (Å²) in [5.41, 5.74) is 8.02. The summed E-state index contributed by atoms with van der Waals surface area (Å²) in [6, 6.07) is 14.6. The van der Waals surface area contributed by atoms with E-state index >= 15 is 0 Å². The van der Waals surface area contributed by atoms with Crippen molar-refractivity contribution in [3.8, 4) is 0 Å².